The highest BCUT2D eigenvalue weighted by Gasteiger charge is 2.22. The molecular weight excluding hydrogens is 655 g/mol. The van der Waals surface area contributed by atoms with E-state index in [2.05, 4.69) is 115 Å². The fourth-order valence-corrected chi connectivity index (χ4v) is 8.58. The number of aromatic nitrogens is 3. The second kappa shape index (κ2) is 12.6. The van der Waals surface area contributed by atoms with Crippen molar-refractivity contribution >= 4 is 82.3 Å². The molecule has 0 aliphatic rings. The molecule has 0 N–H and O–H groups in total. The summed E-state index contributed by atoms with van der Waals surface area (Å²) in [5.74, 6) is 0.661. The van der Waals surface area contributed by atoms with Crippen molar-refractivity contribution in [2.45, 2.75) is 6.92 Å². The topological polar surface area (TPSA) is 43.9 Å². The molecule has 0 bridgehead atoms. The van der Waals surface area contributed by atoms with Gasteiger partial charge in [-0.2, -0.15) is 0 Å². The van der Waals surface area contributed by atoms with Gasteiger partial charge >= 0.3 is 0 Å². The Bertz CT molecular complexity index is 2970. The van der Waals surface area contributed by atoms with Gasteiger partial charge in [-0.1, -0.05) is 117 Å². The van der Waals surface area contributed by atoms with Crippen LogP contribution in [-0.2, 0) is 0 Å². The highest BCUT2D eigenvalue weighted by molar-refractivity contribution is 7.26. The number of hydrogen-bond acceptors (Lipinski definition) is 4. The van der Waals surface area contributed by atoms with Crippen molar-refractivity contribution in [2.24, 2.45) is 0 Å². The molecule has 5 heteroatoms. The van der Waals surface area contributed by atoms with Gasteiger partial charge in [-0.05, 0) is 66.6 Å². The Kier molecular flexibility index (Phi) is 7.64. The lowest BCUT2D eigenvalue weighted by molar-refractivity contribution is 0.667. The van der Waals surface area contributed by atoms with Crippen LogP contribution >= 0.6 is 11.3 Å². The van der Waals surface area contributed by atoms with E-state index >= 15 is 0 Å². The monoisotopic (exact) mass is 687 g/mol. The van der Waals surface area contributed by atoms with Gasteiger partial charge in [0.05, 0.1) is 11.2 Å². The summed E-state index contributed by atoms with van der Waals surface area (Å²) >= 11 is 1.79. The molecule has 4 heterocycles. The van der Waals surface area contributed by atoms with Crippen LogP contribution in [0.3, 0.4) is 0 Å². The third kappa shape index (κ3) is 4.89. The van der Waals surface area contributed by atoms with E-state index in [0.29, 0.717) is 11.4 Å². The number of fused-ring (bicyclic) bond motifs is 7. The Morgan fingerprint density at radius 1 is 0.731 bits per heavy atom. The van der Waals surface area contributed by atoms with Crippen molar-refractivity contribution in [3.05, 3.63) is 164 Å². The Hall–Kier alpha value is -6.56. The van der Waals surface area contributed by atoms with E-state index in [0.717, 1.165) is 72.3 Å². The number of allylic oxidation sites excluding steroid dienone is 5. The van der Waals surface area contributed by atoms with Gasteiger partial charge in [0.1, 0.15) is 16.8 Å². The Labute approximate surface area is 305 Å². The number of thiophene rings is 1. The zero-order valence-electron chi connectivity index (χ0n) is 28.6. The molecule has 0 atom stereocenters. The molecule has 0 spiro atoms. The summed E-state index contributed by atoms with van der Waals surface area (Å²) in [5, 5.41) is 4.49. The van der Waals surface area contributed by atoms with Crippen LogP contribution < -0.4 is 0 Å². The average molecular weight is 688 g/mol. The van der Waals surface area contributed by atoms with E-state index in [9.17, 15) is 0 Å². The van der Waals surface area contributed by atoms with E-state index in [1.165, 1.54) is 20.2 Å². The Morgan fingerprint density at radius 2 is 1.50 bits per heavy atom. The van der Waals surface area contributed by atoms with E-state index in [1.807, 2.05) is 61.6 Å². The van der Waals surface area contributed by atoms with Crippen LogP contribution in [0.25, 0.3) is 105 Å². The normalized spacial score (nSPS) is 12.2. The number of hydrogen-bond donors (Lipinski definition) is 0. The molecule has 0 saturated heterocycles. The number of benzene rings is 5. The first-order valence-corrected chi connectivity index (χ1v) is 18.0. The van der Waals surface area contributed by atoms with Crippen LogP contribution in [0.2, 0.25) is 0 Å². The second-order valence-electron chi connectivity index (χ2n) is 12.6. The minimum atomic E-state index is 0.661. The summed E-state index contributed by atoms with van der Waals surface area (Å²) in [6.07, 6.45) is 11.7. The molecule has 9 aromatic rings. The zero-order chi connectivity index (χ0) is 35.3. The molecule has 0 radical (unpaired) electrons. The third-order valence-corrected chi connectivity index (χ3v) is 10.9. The van der Waals surface area contributed by atoms with Crippen LogP contribution in [0.5, 0.6) is 0 Å². The van der Waals surface area contributed by atoms with Crippen LogP contribution in [0.4, 0.5) is 0 Å². The van der Waals surface area contributed by atoms with Crippen molar-refractivity contribution < 1.29 is 4.42 Å². The highest BCUT2D eigenvalue weighted by atomic mass is 32.1. The minimum Gasteiger partial charge on any atom is -0.452 e. The highest BCUT2D eigenvalue weighted by Crippen LogP contribution is 2.44. The summed E-state index contributed by atoms with van der Waals surface area (Å²) in [6, 6.07) is 38.1. The first-order chi connectivity index (χ1) is 25.6. The van der Waals surface area contributed by atoms with Gasteiger partial charge in [0.25, 0.3) is 0 Å². The van der Waals surface area contributed by atoms with Gasteiger partial charge in [-0.15, -0.1) is 11.3 Å². The molecule has 0 aliphatic heterocycles. The molecule has 0 fully saturated rings. The standard InChI is InChI=1S/C47H33N3OS/c1-5-15-32(16-6-2)50-39(8-4)33(7-3)37-27-30(23-25-40(37)50)31-24-26-41-38(28-31)44-45(51-41)43(48-47(49-44)29-17-10-9-11-18-29)36-21-14-20-35-34-19-12-13-22-42(34)52-46(35)36/h5-28H,1,3-4H2,2H3/b16-6-,32-15+. The quantitative estimate of drug-likeness (QED) is 0.149. The number of rotatable bonds is 8. The maximum Gasteiger partial charge on any atom is 0.180 e. The summed E-state index contributed by atoms with van der Waals surface area (Å²) in [6.45, 7) is 14.3. The molecule has 5 aromatic carbocycles. The van der Waals surface area contributed by atoms with Gasteiger partial charge in [0, 0.05) is 53.3 Å². The van der Waals surface area contributed by atoms with Crippen molar-refractivity contribution in [1.82, 2.24) is 14.5 Å². The maximum atomic E-state index is 6.69. The van der Waals surface area contributed by atoms with Crippen molar-refractivity contribution in [1.29, 1.82) is 0 Å². The predicted molar refractivity (Wildman–Crippen MR) is 223 cm³/mol. The molecule has 0 saturated carbocycles. The summed E-state index contributed by atoms with van der Waals surface area (Å²) < 4.78 is 11.3. The maximum absolute atomic E-state index is 6.69. The van der Waals surface area contributed by atoms with E-state index in [1.54, 1.807) is 11.3 Å². The lowest BCUT2D eigenvalue weighted by Crippen LogP contribution is -1.97. The Morgan fingerprint density at radius 3 is 2.29 bits per heavy atom. The molecule has 4 aromatic heterocycles. The van der Waals surface area contributed by atoms with Crippen molar-refractivity contribution in [3.8, 4) is 33.8 Å². The molecule has 9 rings (SSSR count). The van der Waals surface area contributed by atoms with E-state index in [4.69, 9.17) is 14.4 Å². The van der Waals surface area contributed by atoms with Gasteiger partial charge < -0.3 is 8.98 Å². The fraction of sp³-hybridized carbons (Fsp3) is 0.0213. The van der Waals surface area contributed by atoms with Gasteiger partial charge in [-0.25, -0.2) is 9.97 Å². The van der Waals surface area contributed by atoms with Crippen LogP contribution in [0.1, 0.15) is 18.2 Å². The van der Waals surface area contributed by atoms with E-state index in [-0.39, 0.29) is 0 Å². The summed E-state index contributed by atoms with van der Waals surface area (Å²) in [5.41, 5.74) is 11.2. The molecule has 248 valence electrons. The first kappa shape index (κ1) is 31.4. The van der Waals surface area contributed by atoms with Crippen molar-refractivity contribution in [3.63, 3.8) is 0 Å². The average Bonchev–Trinajstić information content (AvgIpc) is 3.86. The fourth-order valence-electron chi connectivity index (χ4n) is 7.36. The zero-order valence-corrected chi connectivity index (χ0v) is 29.5. The second-order valence-corrected chi connectivity index (χ2v) is 13.7. The molecular formula is C47H33N3OS. The Balaban J connectivity index is 1.28. The summed E-state index contributed by atoms with van der Waals surface area (Å²) in [4.78, 5) is 10.4. The van der Waals surface area contributed by atoms with Gasteiger partial charge in [0.15, 0.2) is 11.4 Å². The molecule has 52 heavy (non-hydrogen) atoms. The van der Waals surface area contributed by atoms with Crippen LogP contribution in [-0.4, -0.2) is 14.5 Å². The minimum absolute atomic E-state index is 0.661. The summed E-state index contributed by atoms with van der Waals surface area (Å²) in [7, 11) is 0. The molecule has 0 aliphatic carbocycles. The van der Waals surface area contributed by atoms with Gasteiger partial charge in [-0.3, -0.25) is 0 Å². The van der Waals surface area contributed by atoms with Crippen LogP contribution in [0.15, 0.2) is 158 Å². The third-order valence-electron chi connectivity index (χ3n) is 9.66. The lowest BCUT2D eigenvalue weighted by atomic mass is 10.0. The predicted octanol–water partition coefficient (Wildman–Crippen LogP) is 13.6. The van der Waals surface area contributed by atoms with Crippen LogP contribution in [0, 0.1) is 0 Å². The molecule has 0 amide bonds. The first-order valence-electron chi connectivity index (χ1n) is 17.2. The molecule has 0 unspecified atom stereocenters. The van der Waals surface area contributed by atoms with Crippen molar-refractivity contribution in [2.75, 3.05) is 0 Å². The van der Waals surface area contributed by atoms with E-state index < -0.39 is 0 Å². The SMILES string of the molecule is C=C/C=C(\C=C/C)n1c(C=C)c(C=C)c2cc(-c3ccc4oc5c(-c6cccc7c6sc6ccccc67)nc(-c6ccccc6)nc5c4c3)ccc21. The molecule has 4 nitrogen and oxygen atoms in total. The number of furan rings is 1. The van der Waals surface area contributed by atoms with Gasteiger partial charge in [0.2, 0.25) is 0 Å². The largest absolute Gasteiger partial charge is 0.452 e. The lowest BCUT2D eigenvalue weighted by Gasteiger charge is -2.10. The number of nitrogens with zero attached hydrogens (tertiary/aromatic N) is 3. The smallest absolute Gasteiger partial charge is 0.180 e.